The van der Waals surface area contributed by atoms with Crippen molar-refractivity contribution < 1.29 is 9.53 Å². The summed E-state index contributed by atoms with van der Waals surface area (Å²) >= 11 is 1.48. The lowest BCUT2D eigenvalue weighted by molar-refractivity contribution is -0.129. The van der Waals surface area contributed by atoms with E-state index in [9.17, 15) is 4.79 Å². The molecule has 0 spiro atoms. The molecule has 0 bridgehead atoms. The van der Waals surface area contributed by atoms with Gasteiger partial charge in [0.15, 0.2) is 11.0 Å². The van der Waals surface area contributed by atoms with Gasteiger partial charge in [0.2, 0.25) is 5.91 Å². The van der Waals surface area contributed by atoms with Crippen molar-refractivity contribution in [1.29, 1.82) is 0 Å². The maximum Gasteiger partial charge on any atom is 0.240 e. The lowest BCUT2D eigenvalue weighted by atomic mass is 10.1. The Kier molecular flexibility index (Phi) is 6.38. The monoisotopic (exact) mass is 422 g/mol. The second-order valence-electron chi connectivity index (χ2n) is 7.22. The Balaban J connectivity index is 1.65. The highest BCUT2D eigenvalue weighted by molar-refractivity contribution is 8.00. The Morgan fingerprint density at radius 1 is 1.07 bits per heavy atom. The molecule has 156 valence electrons. The number of aromatic nitrogens is 3. The molecule has 0 aliphatic carbocycles. The van der Waals surface area contributed by atoms with Gasteiger partial charge in [-0.05, 0) is 49.6 Å². The Morgan fingerprint density at radius 2 is 1.77 bits per heavy atom. The van der Waals surface area contributed by atoms with Gasteiger partial charge in [-0.3, -0.25) is 4.79 Å². The van der Waals surface area contributed by atoms with Crippen molar-refractivity contribution in [2.45, 2.75) is 36.7 Å². The molecule has 0 unspecified atom stereocenters. The van der Waals surface area contributed by atoms with Crippen LogP contribution in [0.2, 0.25) is 0 Å². The minimum Gasteiger partial charge on any atom is -0.497 e. The number of carbonyl (C=O) groups is 1. The molecular weight excluding hydrogens is 396 g/mol. The van der Waals surface area contributed by atoms with Crippen LogP contribution in [0.3, 0.4) is 0 Å². The average Bonchev–Trinajstić information content (AvgIpc) is 3.47. The van der Waals surface area contributed by atoms with Gasteiger partial charge in [-0.2, -0.15) is 0 Å². The van der Waals surface area contributed by atoms with E-state index in [-0.39, 0.29) is 11.2 Å². The number of hydrogen-bond donors (Lipinski definition) is 0. The zero-order valence-electron chi connectivity index (χ0n) is 17.3. The van der Waals surface area contributed by atoms with E-state index in [2.05, 4.69) is 21.7 Å². The maximum absolute atomic E-state index is 13.3. The van der Waals surface area contributed by atoms with E-state index >= 15 is 0 Å². The number of benzene rings is 2. The summed E-state index contributed by atoms with van der Waals surface area (Å²) in [5, 5.41) is 9.32. The van der Waals surface area contributed by atoms with Gasteiger partial charge in [-0.15, -0.1) is 10.2 Å². The fraction of sp³-hybridized carbons (Fsp3) is 0.348. The van der Waals surface area contributed by atoms with E-state index in [1.165, 1.54) is 11.8 Å². The van der Waals surface area contributed by atoms with E-state index in [1.54, 1.807) is 7.11 Å². The highest BCUT2D eigenvalue weighted by Crippen LogP contribution is 2.38. The second-order valence-corrected chi connectivity index (χ2v) is 8.29. The number of ether oxygens (including phenoxy) is 1. The Morgan fingerprint density at radius 3 is 2.40 bits per heavy atom. The molecule has 30 heavy (non-hydrogen) atoms. The van der Waals surface area contributed by atoms with Gasteiger partial charge in [-0.1, -0.05) is 42.1 Å². The molecule has 0 radical (unpaired) electrons. The van der Waals surface area contributed by atoms with E-state index in [4.69, 9.17) is 4.74 Å². The van der Waals surface area contributed by atoms with Crippen LogP contribution in [0.25, 0.3) is 11.4 Å². The van der Waals surface area contributed by atoms with Crippen molar-refractivity contribution in [3.05, 3.63) is 60.2 Å². The minimum absolute atomic E-state index is 0.153. The molecule has 2 heterocycles. The van der Waals surface area contributed by atoms with Gasteiger partial charge in [0.25, 0.3) is 0 Å². The molecule has 1 aromatic heterocycles. The van der Waals surface area contributed by atoms with E-state index in [1.807, 2.05) is 59.5 Å². The number of likely N-dealkylation sites (tertiary alicyclic amines) is 1. The van der Waals surface area contributed by atoms with Crippen molar-refractivity contribution in [3.8, 4) is 17.1 Å². The van der Waals surface area contributed by atoms with Crippen LogP contribution in [0.15, 0.2) is 59.8 Å². The molecule has 1 aliphatic rings. The first-order valence-electron chi connectivity index (χ1n) is 10.3. The Bertz CT molecular complexity index is 982. The van der Waals surface area contributed by atoms with Crippen molar-refractivity contribution in [2.75, 3.05) is 20.2 Å². The summed E-state index contributed by atoms with van der Waals surface area (Å²) in [7, 11) is 1.65. The van der Waals surface area contributed by atoms with Gasteiger partial charge in [0, 0.05) is 25.2 Å². The van der Waals surface area contributed by atoms with Crippen molar-refractivity contribution >= 4 is 17.7 Å². The van der Waals surface area contributed by atoms with Crippen molar-refractivity contribution in [3.63, 3.8) is 0 Å². The molecule has 4 rings (SSSR count). The number of methoxy groups -OCH3 is 1. The minimum atomic E-state index is -0.331. The van der Waals surface area contributed by atoms with Crippen LogP contribution in [0, 0.1) is 0 Å². The molecule has 6 nitrogen and oxygen atoms in total. The number of carbonyl (C=O) groups excluding carboxylic acids is 1. The zero-order chi connectivity index (χ0) is 20.9. The largest absolute Gasteiger partial charge is 0.497 e. The summed E-state index contributed by atoms with van der Waals surface area (Å²) in [6.07, 6.45) is 2.15. The summed E-state index contributed by atoms with van der Waals surface area (Å²) < 4.78 is 7.32. The molecule has 0 saturated carbocycles. The first-order chi connectivity index (χ1) is 14.7. The van der Waals surface area contributed by atoms with Crippen LogP contribution in [0.1, 0.15) is 30.6 Å². The number of thioether (sulfide) groups is 1. The molecule has 3 aromatic rings. The summed E-state index contributed by atoms with van der Waals surface area (Å²) in [4.78, 5) is 15.3. The first kappa shape index (κ1) is 20.5. The van der Waals surface area contributed by atoms with Gasteiger partial charge >= 0.3 is 0 Å². The lowest BCUT2D eigenvalue weighted by Gasteiger charge is -2.23. The fourth-order valence-electron chi connectivity index (χ4n) is 3.71. The Labute approximate surface area is 181 Å². The third-order valence-electron chi connectivity index (χ3n) is 5.35. The van der Waals surface area contributed by atoms with Crippen LogP contribution in [-0.4, -0.2) is 45.8 Å². The highest BCUT2D eigenvalue weighted by Gasteiger charge is 2.30. The van der Waals surface area contributed by atoms with Crippen LogP contribution in [-0.2, 0) is 11.3 Å². The van der Waals surface area contributed by atoms with Crippen LogP contribution in [0.5, 0.6) is 5.75 Å². The molecular formula is C23H26N4O2S. The quantitative estimate of drug-likeness (QED) is 0.527. The topological polar surface area (TPSA) is 60.2 Å². The molecule has 1 amide bonds. The highest BCUT2D eigenvalue weighted by atomic mass is 32.2. The maximum atomic E-state index is 13.3. The first-order valence-corrected chi connectivity index (χ1v) is 11.2. The SMILES string of the molecule is CCn1c(S[C@@H](C(=O)N2CCCC2)c2ccccc2)nnc1-c1ccc(OC)cc1. The van der Waals surface area contributed by atoms with Gasteiger partial charge in [-0.25, -0.2) is 0 Å². The standard InChI is InChI=1S/C23H26N4O2S/c1-3-27-21(18-11-13-19(29-2)14-12-18)24-25-23(27)30-20(17-9-5-4-6-10-17)22(28)26-15-7-8-16-26/h4-6,9-14,20H,3,7-8,15-16H2,1-2H3/t20-/m1/s1. The fourth-order valence-corrected chi connectivity index (χ4v) is 4.90. The van der Waals surface area contributed by atoms with Crippen molar-refractivity contribution in [1.82, 2.24) is 19.7 Å². The van der Waals surface area contributed by atoms with Crippen LogP contribution >= 0.6 is 11.8 Å². The van der Waals surface area contributed by atoms with Gasteiger partial charge in [0.1, 0.15) is 11.0 Å². The lowest BCUT2D eigenvalue weighted by Crippen LogP contribution is -2.31. The van der Waals surface area contributed by atoms with Crippen molar-refractivity contribution in [2.24, 2.45) is 0 Å². The number of amides is 1. The molecule has 1 fully saturated rings. The van der Waals surface area contributed by atoms with Gasteiger partial charge in [0.05, 0.1) is 7.11 Å². The summed E-state index contributed by atoms with van der Waals surface area (Å²) in [5.41, 5.74) is 1.97. The van der Waals surface area contributed by atoms with Crippen LogP contribution < -0.4 is 4.74 Å². The summed E-state index contributed by atoms with van der Waals surface area (Å²) in [6.45, 7) is 4.46. The number of nitrogens with zero attached hydrogens (tertiary/aromatic N) is 4. The molecule has 7 heteroatoms. The third-order valence-corrected chi connectivity index (χ3v) is 6.57. The molecule has 1 saturated heterocycles. The Hall–Kier alpha value is -2.80. The molecule has 1 aliphatic heterocycles. The van der Waals surface area contributed by atoms with E-state index in [0.29, 0.717) is 0 Å². The normalized spacial score (nSPS) is 14.7. The smallest absolute Gasteiger partial charge is 0.240 e. The van der Waals surface area contributed by atoms with E-state index in [0.717, 1.165) is 60.3 Å². The summed E-state index contributed by atoms with van der Waals surface area (Å²) in [5.74, 6) is 1.75. The molecule has 2 aromatic carbocycles. The molecule has 0 N–H and O–H groups in total. The second kappa shape index (κ2) is 9.34. The summed E-state index contributed by atoms with van der Waals surface area (Å²) in [6, 6.07) is 17.8. The molecule has 1 atom stereocenters. The third kappa shape index (κ3) is 4.21. The number of rotatable bonds is 7. The number of hydrogen-bond acceptors (Lipinski definition) is 5. The van der Waals surface area contributed by atoms with E-state index < -0.39 is 0 Å². The van der Waals surface area contributed by atoms with Crippen LogP contribution in [0.4, 0.5) is 0 Å². The zero-order valence-corrected chi connectivity index (χ0v) is 18.1. The average molecular weight is 423 g/mol. The predicted molar refractivity (Wildman–Crippen MR) is 119 cm³/mol. The predicted octanol–water partition coefficient (Wildman–Crippen LogP) is 4.43. The van der Waals surface area contributed by atoms with Gasteiger partial charge < -0.3 is 14.2 Å².